The lowest BCUT2D eigenvalue weighted by atomic mass is 10.2. The van der Waals surface area contributed by atoms with E-state index in [1.165, 1.54) is 4.90 Å². The van der Waals surface area contributed by atoms with Gasteiger partial charge in [-0.2, -0.15) is 0 Å². The van der Waals surface area contributed by atoms with E-state index in [1.807, 2.05) is 6.07 Å². The Labute approximate surface area is 130 Å². The molecule has 0 bridgehead atoms. The molecule has 1 aromatic rings. The van der Waals surface area contributed by atoms with Gasteiger partial charge < -0.3 is 15.3 Å². The Hall–Kier alpha value is -2.37. The topological polar surface area (TPSA) is 86.7 Å². The van der Waals surface area contributed by atoms with Gasteiger partial charge in [0.05, 0.1) is 0 Å². The Bertz CT molecular complexity index is 502. The van der Waals surface area contributed by atoms with Crippen molar-refractivity contribution in [3.05, 3.63) is 35.9 Å². The molecule has 0 aromatic heterocycles. The number of carboxylic acids is 1. The lowest BCUT2D eigenvalue weighted by molar-refractivity contribution is -0.138. The fourth-order valence-corrected chi connectivity index (χ4v) is 1.92. The monoisotopic (exact) mass is 306 g/mol. The van der Waals surface area contributed by atoms with Crippen molar-refractivity contribution in [2.75, 3.05) is 20.1 Å². The first-order valence-corrected chi connectivity index (χ1v) is 7.29. The van der Waals surface area contributed by atoms with Gasteiger partial charge in [0.1, 0.15) is 0 Å². The summed E-state index contributed by atoms with van der Waals surface area (Å²) in [5, 5.41) is 11.3. The number of nitrogens with one attached hydrogen (secondary N) is 1. The van der Waals surface area contributed by atoms with Gasteiger partial charge in [-0.05, 0) is 25.0 Å². The first kappa shape index (κ1) is 17.7. The minimum Gasteiger partial charge on any atom is -0.481 e. The molecule has 2 amide bonds. The lowest BCUT2D eigenvalue weighted by Crippen LogP contribution is -2.30. The molecule has 1 rings (SSSR count). The van der Waals surface area contributed by atoms with Crippen LogP contribution in [0.4, 0.5) is 0 Å². The summed E-state index contributed by atoms with van der Waals surface area (Å²) in [5.41, 5.74) is 0.597. The normalized spacial score (nSPS) is 10.0. The molecule has 0 spiro atoms. The maximum absolute atomic E-state index is 11.8. The Kier molecular flexibility index (Phi) is 7.67. The van der Waals surface area contributed by atoms with E-state index in [-0.39, 0.29) is 18.2 Å². The van der Waals surface area contributed by atoms with E-state index in [0.717, 1.165) is 0 Å². The van der Waals surface area contributed by atoms with Crippen LogP contribution in [0.1, 0.15) is 36.0 Å². The van der Waals surface area contributed by atoms with Crippen molar-refractivity contribution in [3.63, 3.8) is 0 Å². The highest BCUT2D eigenvalue weighted by Gasteiger charge is 2.09. The lowest BCUT2D eigenvalue weighted by Gasteiger charge is -2.16. The molecule has 0 fully saturated rings. The summed E-state index contributed by atoms with van der Waals surface area (Å²) in [5.74, 6) is -1.05. The number of aliphatic carboxylic acids is 1. The molecule has 1 aromatic carbocycles. The van der Waals surface area contributed by atoms with E-state index in [0.29, 0.717) is 37.9 Å². The van der Waals surface area contributed by atoms with Crippen molar-refractivity contribution >= 4 is 17.8 Å². The Morgan fingerprint density at radius 2 is 1.77 bits per heavy atom. The van der Waals surface area contributed by atoms with Crippen LogP contribution in [0.5, 0.6) is 0 Å². The Balaban J connectivity index is 2.17. The third-order valence-electron chi connectivity index (χ3n) is 3.20. The van der Waals surface area contributed by atoms with Crippen molar-refractivity contribution in [1.29, 1.82) is 0 Å². The maximum Gasteiger partial charge on any atom is 0.303 e. The highest BCUT2D eigenvalue weighted by molar-refractivity contribution is 5.94. The minimum atomic E-state index is -0.857. The molecule has 0 atom stereocenters. The van der Waals surface area contributed by atoms with Crippen LogP contribution in [0.2, 0.25) is 0 Å². The van der Waals surface area contributed by atoms with E-state index in [4.69, 9.17) is 5.11 Å². The summed E-state index contributed by atoms with van der Waals surface area (Å²) < 4.78 is 0. The highest BCUT2D eigenvalue weighted by Crippen LogP contribution is 2.00. The van der Waals surface area contributed by atoms with E-state index in [1.54, 1.807) is 31.3 Å². The fraction of sp³-hybridized carbons (Fsp3) is 0.438. The summed E-state index contributed by atoms with van der Waals surface area (Å²) in [6.07, 6.45) is 1.40. The maximum atomic E-state index is 11.8. The van der Waals surface area contributed by atoms with Gasteiger partial charge in [0.15, 0.2) is 0 Å². The molecule has 6 nitrogen and oxygen atoms in total. The predicted molar refractivity (Wildman–Crippen MR) is 82.5 cm³/mol. The average molecular weight is 306 g/mol. The van der Waals surface area contributed by atoms with Gasteiger partial charge in [-0.25, -0.2) is 0 Å². The number of amides is 2. The van der Waals surface area contributed by atoms with Gasteiger partial charge in [-0.1, -0.05) is 18.2 Å². The molecule has 0 saturated heterocycles. The molecule has 0 heterocycles. The van der Waals surface area contributed by atoms with Gasteiger partial charge in [0.25, 0.3) is 5.91 Å². The Morgan fingerprint density at radius 3 is 2.41 bits per heavy atom. The van der Waals surface area contributed by atoms with Crippen LogP contribution in [0.25, 0.3) is 0 Å². The number of hydrogen-bond donors (Lipinski definition) is 2. The number of carbonyl (C=O) groups excluding carboxylic acids is 2. The second kappa shape index (κ2) is 9.55. The highest BCUT2D eigenvalue weighted by atomic mass is 16.4. The third kappa shape index (κ3) is 6.88. The van der Waals surface area contributed by atoms with Gasteiger partial charge in [-0.3, -0.25) is 14.4 Å². The van der Waals surface area contributed by atoms with Gasteiger partial charge in [0.2, 0.25) is 5.91 Å². The number of carboxylic acid groups (broad SMARTS) is 1. The summed E-state index contributed by atoms with van der Waals surface area (Å²) >= 11 is 0. The molecule has 22 heavy (non-hydrogen) atoms. The number of nitrogens with zero attached hydrogens (tertiary/aromatic N) is 1. The van der Waals surface area contributed by atoms with E-state index < -0.39 is 5.97 Å². The van der Waals surface area contributed by atoms with Crippen LogP contribution in [-0.4, -0.2) is 47.9 Å². The molecule has 0 aliphatic rings. The molecular weight excluding hydrogens is 284 g/mol. The summed E-state index contributed by atoms with van der Waals surface area (Å²) in [6, 6.07) is 8.90. The Morgan fingerprint density at radius 1 is 1.09 bits per heavy atom. The molecule has 0 unspecified atom stereocenters. The molecule has 120 valence electrons. The summed E-state index contributed by atoms with van der Waals surface area (Å²) in [4.78, 5) is 35.5. The molecule has 0 aliphatic carbocycles. The van der Waals surface area contributed by atoms with Crippen LogP contribution in [0.3, 0.4) is 0 Å². The summed E-state index contributed by atoms with van der Waals surface area (Å²) in [6.45, 7) is 0.865. The quantitative estimate of drug-likeness (QED) is 0.677. The van der Waals surface area contributed by atoms with Gasteiger partial charge in [0, 0.05) is 38.5 Å². The number of rotatable bonds is 9. The second-order valence-corrected chi connectivity index (χ2v) is 5.04. The molecule has 0 aliphatic heterocycles. The number of hydrogen-bond acceptors (Lipinski definition) is 3. The molecular formula is C16H22N2O4. The molecule has 6 heteroatoms. The molecule has 2 N–H and O–H groups in total. The number of carbonyl (C=O) groups is 3. The van der Waals surface area contributed by atoms with E-state index in [2.05, 4.69) is 5.32 Å². The second-order valence-electron chi connectivity index (χ2n) is 5.04. The first-order valence-electron chi connectivity index (χ1n) is 7.29. The SMILES string of the molecule is CN(CCCC(=O)O)C(=O)CCCNC(=O)c1ccccc1. The van der Waals surface area contributed by atoms with Crippen molar-refractivity contribution in [1.82, 2.24) is 10.2 Å². The van der Waals surface area contributed by atoms with Crippen LogP contribution < -0.4 is 5.32 Å². The van der Waals surface area contributed by atoms with Gasteiger partial charge in [-0.15, -0.1) is 0 Å². The first-order chi connectivity index (χ1) is 10.5. The molecule has 0 radical (unpaired) electrons. The van der Waals surface area contributed by atoms with Gasteiger partial charge >= 0.3 is 5.97 Å². The smallest absolute Gasteiger partial charge is 0.303 e. The van der Waals surface area contributed by atoms with Crippen molar-refractivity contribution in [3.8, 4) is 0 Å². The van der Waals surface area contributed by atoms with Crippen LogP contribution in [0.15, 0.2) is 30.3 Å². The summed E-state index contributed by atoms with van der Waals surface area (Å²) in [7, 11) is 1.66. The van der Waals surface area contributed by atoms with E-state index in [9.17, 15) is 14.4 Å². The fourth-order valence-electron chi connectivity index (χ4n) is 1.92. The zero-order chi connectivity index (χ0) is 16.4. The van der Waals surface area contributed by atoms with E-state index >= 15 is 0 Å². The minimum absolute atomic E-state index is 0.0423. The van der Waals surface area contributed by atoms with Crippen molar-refractivity contribution in [2.24, 2.45) is 0 Å². The van der Waals surface area contributed by atoms with Crippen molar-refractivity contribution in [2.45, 2.75) is 25.7 Å². The third-order valence-corrected chi connectivity index (χ3v) is 3.20. The zero-order valence-corrected chi connectivity index (χ0v) is 12.7. The van der Waals surface area contributed by atoms with Crippen LogP contribution in [0, 0.1) is 0 Å². The standard InChI is InChI=1S/C16H22N2O4/c1-18(12-6-10-15(20)21)14(19)9-5-11-17-16(22)13-7-3-2-4-8-13/h2-4,7-8H,5-6,9-12H2,1H3,(H,17,22)(H,20,21). The zero-order valence-electron chi connectivity index (χ0n) is 12.7. The average Bonchev–Trinajstić information content (AvgIpc) is 2.51. The van der Waals surface area contributed by atoms with Crippen molar-refractivity contribution < 1.29 is 19.5 Å². The van der Waals surface area contributed by atoms with Crippen LogP contribution in [-0.2, 0) is 9.59 Å². The van der Waals surface area contributed by atoms with Crippen LogP contribution >= 0.6 is 0 Å². The number of benzene rings is 1. The largest absolute Gasteiger partial charge is 0.481 e. The predicted octanol–water partition coefficient (Wildman–Crippen LogP) is 1.52. The molecule has 0 saturated carbocycles.